The zero-order chi connectivity index (χ0) is 14.0. The Hall–Kier alpha value is -1.75. The number of methoxy groups -OCH3 is 1. The van der Waals surface area contributed by atoms with Crippen molar-refractivity contribution in [3.05, 3.63) is 35.4 Å². The summed E-state index contributed by atoms with van der Waals surface area (Å²) in [5.41, 5.74) is 1.09. The van der Waals surface area contributed by atoms with E-state index in [2.05, 4.69) is 5.32 Å². The Labute approximate surface area is 124 Å². The van der Waals surface area contributed by atoms with Crippen molar-refractivity contribution in [2.75, 3.05) is 13.7 Å². The molecule has 0 radical (unpaired) electrons. The minimum absolute atomic E-state index is 0. The van der Waals surface area contributed by atoms with Gasteiger partial charge in [-0.3, -0.25) is 0 Å². The number of ether oxygens (including phenoxy) is 2. The number of benzene rings is 1. The summed E-state index contributed by atoms with van der Waals surface area (Å²) < 4.78 is 9.70. The molecule has 0 aliphatic carbocycles. The number of rotatable bonds is 2. The van der Waals surface area contributed by atoms with Gasteiger partial charge in [0.1, 0.15) is 6.61 Å². The van der Waals surface area contributed by atoms with Crippen LogP contribution < -0.4 is 5.32 Å². The Morgan fingerprint density at radius 3 is 2.80 bits per heavy atom. The van der Waals surface area contributed by atoms with Crippen LogP contribution in [0, 0.1) is 5.41 Å². The first kappa shape index (κ1) is 16.3. The van der Waals surface area contributed by atoms with Gasteiger partial charge in [0.05, 0.1) is 18.7 Å². The van der Waals surface area contributed by atoms with Crippen LogP contribution in [0.4, 0.5) is 4.79 Å². The predicted octanol–water partition coefficient (Wildman–Crippen LogP) is 2.70. The van der Waals surface area contributed by atoms with Crippen LogP contribution in [0.15, 0.2) is 24.3 Å². The third kappa shape index (κ3) is 3.22. The summed E-state index contributed by atoms with van der Waals surface area (Å²) in [5, 5.41) is 2.79. The minimum atomic E-state index is -0.437. The number of hydrogen-bond donors (Lipinski definition) is 1. The van der Waals surface area contributed by atoms with Crippen LogP contribution in [0.5, 0.6) is 0 Å². The van der Waals surface area contributed by atoms with Crippen LogP contribution >= 0.6 is 12.4 Å². The zero-order valence-corrected chi connectivity index (χ0v) is 12.5. The molecule has 0 bridgehead atoms. The molecule has 0 saturated carbocycles. The van der Waals surface area contributed by atoms with Gasteiger partial charge < -0.3 is 14.8 Å². The quantitative estimate of drug-likeness (QED) is 0.853. The van der Waals surface area contributed by atoms with E-state index in [1.54, 1.807) is 18.2 Å². The van der Waals surface area contributed by atoms with Gasteiger partial charge in [-0.1, -0.05) is 26.0 Å². The van der Waals surface area contributed by atoms with Gasteiger partial charge in [0.15, 0.2) is 0 Å². The van der Waals surface area contributed by atoms with Gasteiger partial charge in [0.25, 0.3) is 0 Å². The number of carbonyl (C=O) groups is 2. The molecule has 0 spiro atoms. The van der Waals surface area contributed by atoms with E-state index in [4.69, 9.17) is 9.47 Å². The maximum Gasteiger partial charge on any atom is 0.407 e. The number of esters is 1. The second-order valence-electron chi connectivity index (χ2n) is 5.26. The number of amides is 1. The molecule has 1 amide bonds. The van der Waals surface area contributed by atoms with Crippen molar-refractivity contribution < 1.29 is 19.1 Å². The minimum Gasteiger partial charge on any atom is -0.465 e. The average Bonchev–Trinajstić information content (AvgIpc) is 2.41. The number of carbonyl (C=O) groups excluding carboxylic acids is 2. The highest BCUT2D eigenvalue weighted by Gasteiger charge is 2.38. The molecule has 1 aliphatic heterocycles. The number of cyclic esters (lactones) is 1. The lowest BCUT2D eigenvalue weighted by atomic mass is 9.80. The standard InChI is InChI=1S/C14H17NO4.ClH/c1-14(2)8-19-13(17)15-11(14)9-5-4-6-10(7-9)12(16)18-3;/h4-7,11H,8H2,1-3H3,(H,15,17);1H/t11-;/m0./s1. The molecular weight excluding hydrogens is 282 g/mol. The normalized spacial score (nSPS) is 20.1. The molecule has 6 heteroatoms. The van der Waals surface area contributed by atoms with Gasteiger partial charge in [0.2, 0.25) is 0 Å². The smallest absolute Gasteiger partial charge is 0.407 e. The van der Waals surface area contributed by atoms with Crippen molar-refractivity contribution in [3.63, 3.8) is 0 Å². The molecule has 1 heterocycles. The molecule has 5 nitrogen and oxygen atoms in total. The molecule has 1 atom stereocenters. The van der Waals surface area contributed by atoms with Gasteiger partial charge in [0, 0.05) is 5.41 Å². The highest BCUT2D eigenvalue weighted by atomic mass is 35.5. The Bertz CT molecular complexity index is 516. The van der Waals surface area contributed by atoms with E-state index in [0.717, 1.165) is 5.56 Å². The molecule has 2 rings (SSSR count). The molecule has 1 aliphatic rings. The second kappa shape index (κ2) is 6.13. The van der Waals surface area contributed by atoms with Crippen LogP contribution in [-0.2, 0) is 9.47 Å². The molecular formula is C14H18ClNO4. The first-order valence-corrected chi connectivity index (χ1v) is 6.05. The van der Waals surface area contributed by atoms with E-state index in [-0.39, 0.29) is 23.9 Å². The summed E-state index contributed by atoms with van der Waals surface area (Å²) in [6.45, 7) is 4.34. The topological polar surface area (TPSA) is 64.6 Å². The Kier molecular flexibility index (Phi) is 5.00. The summed E-state index contributed by atoms with van der Waals surface area (Å²) in [4.78, 5) is 22.9. The number of halogens is 1. The van der Waals surface area contributed by atoms with Crippen molar-refractivity contribution in [1.29, 1.82) is 0 Å². The number of alkyl carbamates (subject to hydrolysis) is 1. The molecule has 0 aromatic heterocycles. The van der Waals surface area contributed by atoms with E-state index < -0.39 is 12.1 Å². The van der Waals surface area contributed by atoms with Crippen LogP contribution in [0.1, 0.15) is 35.8 Å². The van der Waals surface area contributed by atoms with E-state index >= 15 is 0 Å². The van der Waals surface area contributed by atoms with E-state index in [1.807, 2.05) is 19.9 Å². The van der Waals surface area contributed by atoms with Crippen molar-refractivity contribution in [2.24, 2.45) is 5.41 Å². The lowest BCUT2D eigenvalue weighted by Crippen LogP contribution is -2.46. The van der Waals surface area contributed by atoms with E-state index in [9.17, 15) is 9.59 Å². The van der Waals surface area contributed by atoms with Gasteiger partial charge >= 0.3 is 12.1 Å². The molecule has 1 aromatic rings. The van der Waals surface area contributed by atoms with E-state index in [0.29, 0.717) is 12.2 Å². The molecule has 1 aromatic carbocycles. The number of nitrogens with one attached hydrogen (secondary N) is 1. The molecule has 1 N–H and O–H groups in total. The summed E-state index contributed by atoms with van der Waals surface area (Å²) >= 11 is 0. The molecule has 1 saturated heterocycles. The van der Waals surface area contributed by atoms with Crippen LogP contribution in [-0.4, -0.2) is 25.8 Å². The van der Waals surface area contributed by atoms with Crippen molar-refractivity contribution in [2.45, 2.75) is 19.9 Å². The summed E-state index contributed by atoms with van der Waals surface area (Å²) in [6.07, 6.45) is -0.437. The lowest BCUT2D eigenvalue weighted by molar-refractivity contribution is 0.0387. The first-order valence-electron chi connectivity index (χ1n) is 6.05. The van der Waals surface area contributed by atoms with Crippen LogP contribution in [0.2, 0.25) is 0 Å². The third-order valence-electron chi connectivity index (χ3n) is 3.26. The highest BCUT2D eigenvalue weighted by molar-refractivity contribution is 5.89. The first-order chi connectivity index (χ1) is 8.94. The molecule has 0 unspecified atom stereocenters. The Morgan fingerprint density at radius 1 is 1.45 bits per heavy atom. The van der Waals surface area contributed by atoms with Gasteiger partial charge in [-0.05, 0) is 17.7 Å². The fourth-order valence-corrected chi connectivity index (χ4v) is 2.19. The fraction of sp³-hybridized carbons (Fsp3) is 0.429. The summed E-state index contributed by atoms with van der Waals surface area (Å²) in [6, 6.07) is 6.88. The van der Waals surface area contributed by atoms with Crippen LogP contribution in [0.3, 0.4) is 0 Å². The SMILES string of the molecule is COC(=O)c1cccc([C@@H]2NC(=O)OCC2(C)C)c1.Cl. The van der Waals surface area contributed by atoms with E-state index in [1.165, 1.54) is 7.11 Å². The Balaban J connectivity index is 0.00000200. The summed E-state index contributed by atoms with van der Waals surface area (Å²) in [7, 11) is 1.34. The fourth-order valence-electron chi connectivity index (χ4n) is 2.19. The maximum absolute atomic E-state index is 11.5. The largest absolute Gasteiger partial charge is 0.465 e. The molecule has 110 valence electrons. The monoisotopic (exact) mass is 299 g/mol. The lowest BCUT2D eigenvalue weighted by Gasteiger charge is -2.38. The molecule has 1 fully saturated rings. The second-order valence-corrected chi connectivity index (χ2v) is 5.26. The zero-order valence-electron chi connectivity index (χ0n) is 11.6. The van der Waals surface area contributed by atoms with Crippen molar-refractivity contribution >= 4 is 24.5 Å². The Morgan fingerprint density at radius 2 is 2.15 bits per heavy atom. The average molecular weight is 300 g/mol. The molecule has 20 heavy (non-hydrogen) atoms. The highest BCUT2D eigenvalue weighted by Crippen LogP contribution is 2.36. The van der Waals surface area contributed by atoms with Crippen LogP contribution in [0.25, 0.3) is 0 Å². The predicted molar refractivity (Wildman–Crippen MR) is 76.0 cm³/mol. The number of hydrogen-bond acceptors (Lipinski definition) is 4. The van der Waals surface area contributed by atoms with Gasteiger partial charge in [-0.2, -0.15) is 0 Å². The maximum atomic E-state index is 11.5. The van der Waals surface area contributed by atoms with Gasteiger partial charge in [-0.25, -0.2) is 9.59 Å². The van der Waals surface area contributed by atoms with Crippen molar-refractivity contribution in [1.82, 2.24) is 5.32 Å². The van der Waals surface area contributed by atoms with Gasteiger partial charge in [-0.15, -0.1) is 12.4 Å². The summed E-state index contributed by atoms with van der Waals surface area (Å²) in [5.74, 6) is -0.391. The van der Waals surface area contributed by atoms with Crippen molar-refractivity contribution in [3.8, 4) is 0 Å². The third-order valence-corrected chi connectivity index (χ3v) is 3.26.